The fourth-order valence-corrected chi connectivity index (χ4v) is 7.03. The maximum Gasteiger partial charge on any atom is 0.243 e. The number of ether oxygens (including phenoxy) is 1. The Kier molecular flexibility index (Phi) is 7.41. The van der Waals surface area contributed by atoms with Crippen molar-refractivity contribution in [3.05, 3.63) is 48.5 Å². The molecule has 3 N–H and O–H groups in total. The molecule has 3 aliphatic rings. The van der Waals surface area contributed by atoms with Crippen molar-refractivity contribution in [2.45, 2.75) is 94.6 Å². The summed E-state index contributed by atoms with van der Waals surface area (Å²) in [6.07, 6.45) is 3.30. The number of rotatable bonds is 3. The van der Waals surface area contributed by atoms with Crippen LogP contribution in [0.5, 0.6) is 5.88 Å². The molecule has 1 saturated carbocycles. The number of Topliss-reactive ketones (excluding diaryl/α,β-unsaturated/α-hetero) is 1. The minimum Gasteiger partial charge on any atom is -0.472 e. The first-order valence-electron chi connectivity index (χ1n) is 15.1. The van der Waals surface area contributed by atoms with Crippen LogP contribution in [0.15, 0.2) is 48.5 Å². The number of nitrogens with two attached hydrogens (primary N) is 1. The van der Waals surface area contributed by atoms with Gasteiger partial charge in [0.05, 0.1) is 18.1 Å². The minimum absolute atomic E-state index is 0.173. The Hall–Kier alpha value is -3.59. The lowest BCUT2D eigenvalue weighted by molar-refractivity contribution is -0.140. The minimum atomic E-state index is -1.43. The summed E-state index contributed by atoms with van der Waals surface area (Å²) in [6, 6.07) is 14.1. The van der Waals surface area contributed by atoms with Gasteiger partial charge in [0.15, 0.2) is 5.78 Å². The van der Waals surface area contributed by atoms with Gasteiger partial charge in [0.1, 0.15) is 23.4 Å². The van der Waals surface area contributed by atoms with E-state index in [0.29, 0.717) is 38.0 Å². The van der Waals surface area contributed by atoms with E-state index in [9.17, 15) is 14.4 Å². The molecule has 42 heavy (non-hydrogen) atoms. The van der Waals surface area contributed by atoms with E-state index in [4.69, 9.17) is 15.5 Å². The Balaban J connectivity index is 1.30. The van der Waals surface area contributed by atoms with Gasteiger partial charge in [-0.1, -0.05) is 55.7 Å². The number of benzene rings is 2. The quantitative estimate of drug-likeness (QED) is 0.442. The number of alkyl halides is 1. The molecular formula is C33H39FN4O4. The van der Waals surface area contributed by atoms with Crippen LogP contribution < -0.4 is 15.8 Å². The monoisotopic (exact) mass is 574 g/mol. The fourth-order valence-electron chi connectivity index (χ4n) is 7.03. The third-order valence-electron chi connectivity index (χ3n) is 9.48. The van der Waals surface area contributed by atoms with Gasteiger partial charge in [-0.25, -0.2) is 9.37 Å². The lowest BCUT2D eigenvalue weighted by Gasteiger charge is -2.28. The molecule has 1 aliphatic carbocycles. The first kappa shape index (κ1) is 28.5. The van der Waals surface area contributed by atoms with E-state index in [1.165, 1.54) is 11.8 Å². The van der Waals surface area contributed by atoms with Crippen molar-refractivity contribution in [1.82, 2.24) is 15.2 Å². The van der Waals surface area contributed by atoms with Crippen molar-refractivity contribution in [2.75, 3.05) is 6.54 Å². The van der Waals surface area contributed by atoms with Crippen molar-refractivity contribution in [1.29, 1.82) is 0 Å². The summed E-state index contributed by atoms with van der Waals surface area (Å²) in [5.74, 6) is -0.753. The van der Waals surface area contributed by atoms with Gasteiger partial charge < -0.3 is 20.7 Å². The summed E-state index contributed by atoms with van der Waals surface area (Å²) in [5.41, 5.74) is 4.61. The smallest absolute Gasteiger partial charge is 0.243 e. The van der Waals surface area contributed by atoms with Crippen molar-refractivity contribution < 1.29 is 23.5 Å². The molecule has 3 aromatic rings. The Morgan fingerprint density at radius 2 is 1.76 bits per heavy atom. The van der Waals surface area contributed by atoms with Crippen LogP contribution >= 0.6 is 0 Å². The van der Waals surface area contributed by atoms with Crippen LogP contribution in [0.3, 0.4) is 0 Å². The van der Waals surface area contributed by atoms with Crippen LogP contribution in [0.4, 0.5) is 4.39 Å². The molecule has 9 heteroatoms. The van der Waals surface area contributed by atoms with E-state index in [2.05, 4.69) is 5.32 Å². The molecule has 3 fully saturated rings. The lowest BCUT2D eigenvalue weighted by atomic mass is 9.91. The number of halogens is 1. The molecule has 6 rings (SSSR count). The number of hydrogen-bond donors (Lipinski definition) is 2. The molecule has 2 amide bonds. The third kappa shape index (κ3) is 5.35. The summed E-state index contributed by atoms with van der Waals surface area (Å²) in [6.45, 7) is 3.20. The van der Waals surface area contributed by atoms with E-state index in [-0.39, 0.29) is 37.0 Å². The number of amides is 2. The molecule has 0 radical (unpaired) electrons. The Morgan fingerprint density at radius 1 is 1.05 bits per heavy atom. The largest absolute Gasteiger partial charge is 0.472 e. The Morgan fingerprint density at radius 3 is 2.52 bits per heavy atom. The Labute approximate surface area is 245 Å². The van der Waals surface area contributed by atoms with Crippen LogP contribution in [0.2, 0.25) is 0 Å². The average Bonchev–Trinajstić information content (AvgIpc) is 3.46. The van der Waals surface area contributed by atoms with Crippen LogP contribution in [-0.4, -0.2) is 63.4 Å². The van der Waals surface area contributed by atoms with Crippen molar-refractivity contribution >= 4 is 39.3 Å². The van der Waals surface area contributed by atoms with Gasteiger partial charge in [-0.05, 0) is 63.0 Å². The number of fused-ring (bicyclic) bond motifs is 5. The molecule has 2 saturated heterocycles. The van der Waals surface area contributed by atoms with Gasteiger partial charge in [0.25, 0.3) is 0 Å². The zero-order chi connectivity index (χ0) is 29.6. The highest BCUT2D eigenvalue weighted by atomic mass is 19.1. The zero-order valence-corrected chi connectivity index (χ0v) is 24.3. The van der Waals surface area contributed by atoms with E-state index in [1.54, 1.807) is 6.92 Å². The van der Waals surface area contributed by atoms with Gasteiger partial charge in [-0.3, -0.25) is 14.4 Å². The maximum atomic E-state index is 15.4. The fraction of sp³-hybridized carbons (Fsp3) is 0.515. The summed E-state index contributed by atoms with van der Waals surface area (Å²) in [7, 11) is 0. The van der Waals surface area contributed by atoms with Crippen molar-refractivity contribution in [2.24, 2.45) is 11.7 Å². The number of ketones is 1. The molecular weight excluding hydrogens is 535 g/mol. The van der Waals surface area contributed by atoms with Gasteiger partial charge >= 0.3 is 0 Å². The highest BCUT2D eigenvalue weighted by molar-refractivity contribution is 6.07. The molecule has 2 aromatic carbocycles. The number of nitrogens with zero attached hydrogens (tertiary/aromatic N) is 2. The van der Waals surface area contributed by atoms with E-state index < -0.39 is 35.3 Å². The molecule has 3 heterocycles. The Bertz CT molecular complexity index is 1540. The number of pyridine rings is 1. The summed E-state index contributed by atoms with van der Waals surface area (Å²) >= 11 is 0. The number of carbonyl (C=O) groups excluding carboxylic acids is 3. The van der Waals surface area contributed by atoms with Crippen LogP contribution in [0, 0.1) is 5.92 Å². The maximum absolute atomic E-state index is 15.4. The lowest BCUT2D eigenvalue weighted by Crippen LogP contribution is -2.55. The number of para-hydroxylation sites is 1. The first-order chi connectivity index (χ1) is 20.1. The van der Waals surface area contributed by atoms with Gasteiger partial charge in [0, 0.05) is 17.2 Å². The second-order valence-corrected chi connectivity index (χ2v) is 12.7. The topological polar surface area (TPSA) is 115 Å². The second-order valence-electron chi connectivity index (χ2n) is 12.7. The average molecular weight is 575 g/mol. The summed E-state index contributed by atoms with van der Waals surface area (Å²) in [5, 5.41) is 5.82. The van der Waals surface area contributed by atoms with E-state index in [0.717, 1.165) is 28.1 Å². The van der Waals surface area contributed by atoms with Gasteiger partial charge in [0.2, 0.25) is 17.7 Å². The molecule has 6 atom stereocenters. The number of carbonyl (C=O) groups is 3. The zero-order valence-electron chi connectivity index (χ0n) is 24.3. The summed E-state index contributed by atoms with van der Waals surface area (Å²) in [4.78, 5) is 46.5. The van der Waals surface area contributed by atoms with Gasteiger partial charge in [-0.2, -0.15) is 0 Å². The van der Waals surface area contributed by atoms with E-state index in [1.807, 2.05) is 48.5 Å². The van der Waals surface area contributed by atoms with Crippen LogP contribution in [0.25, 0.3) is 21.7 Å². The SMILES string of the molecule is CC(=O)C12CC1CC(C)(F)CCCCCC(N)C(=O)N1CC(Oc3nc4ccccc4c4ccccc34)CC1C(=O)N2. The van der Waals surface area contributed by atoms with Crippen molar-refractivity contribution in [3.63, 3.8) is 0 Å². The normalized spacial score (nSPS) is 32.4. The standard InChI is InChI=1S/C33H39FN4O4/c1-20(39)33-18-21(33)17-32(2,34)15-9-3-4-13-26(35)31(41)38-19-22(16-28(38)29(40)37-33)42-30-25-12-6-5-10-23(25)24-11-7-8-14-27(24)36-30/h5-8,10-12,14,21-22,26,28H,3-4,9,13,15-19,35H2,1-2H3,(H,37,40). The molecule has 0 bridgehead atoms. The molecule has 0 spiro atoms. The highest BCUT2D eigenvalue weighted by Crippen LogP contribution is 2.50. The summed E-state index contributed by atoms with van der Waals surface area (Å²) < 4.78 is 21.9. The predicted octanol–water partition coefficient (Wildman–Crippen LogP) is 4.61. The highest BCUT2D eigenvalue weighted by Gasteiger charge is 2.61. The third-order valence-corrected chi connectivity index (χ3v) is 9.48. The number of nitrogens with one attached hydrogen (secondary N) is 1. The molecule has 1 aromatic heterocycles. The molecule has 2 aliphatic heterocycles. The van der Waals surface area contributed by atoms with Crippen LogP contribution in [-0.2, 0) is 14.4 Å². The second kappa shape index (κ2) is 10.9. The number of hydrogen-bond acceptors (Lipinski definition) is 6. The molecule has 222 valence electrons. The van der Waals surface area contributed by atoms with Crippen LogP contribution in [0.1, 0.15) is 65.2 Å². The molecule has 8 nitrogen and oxygen atoms in total. The number of aromatic nitrogens is 1. The van der Waals surface area contributed by atoms with Crippen molar-refractivity contribution in [3.8, 4) is 5.88 Å². The van der Waals surface area contributed by atoms with E-state index >= 15 is 4.39 Å². The molecule has 6 unspecified atom stereocenters. The van der Waals surface area contributed by atoms with Gasteiger partial charge in [-0.15, -0.1) is 0 Å². The predicted molar refractivity (Wildman–Crippen MR) is 159 cm³/mol. The first-order valence-corrected chi connectivity index (χ1v) is 15.1.